The van der Waals surface area contributed by atoms with E-state index in [2.05, 4.69) is 0 Å². The van der Waals surface area contributed by atoms with Gasteiger partial charge >= 0.3 is 82.6 Å². The summed E-state index contributed by atoms with van der Waals surface area (Å²) in [7, 11) is 0. The molecule has 6 aromatic carbocycles. The highest BCUT2D eigenvalue weighted by molar-refractivity contribution is 7.20. The Balaban J connectivity index is 0.000000292. The van der Waals surface area contributed by atoms with Crippen molar-refractivity contribution in [2.45, 2.75) is 49.4 Å². The molecule has 10 nitrogen and oxygen atoms in total. The standard InChI is InChI=1S/C32H12BF24.C22H12IN2O8S2/c34-25(35,36)13-1-14(26(37,38)39)6-21(5-13)33(22-7-15(27(40,41)42)2-16(8-22)28(43,44)45,23-9-17(29(46,47)48)3-18(10-23)30(49,50)51)24-11-19(31(52,53)54)4-20(12-24)32(55,56)57;26-21(32-15-5-1-3-13(11-15)24(28)29)17-7-9-19(34-17)23-20-10-8-18(35-20)22(27)33-16-6-2-4-14(12-16)25(30)31/h1-12H;1-12H/q-1;+1. The van der Waals surface area contributed by atoms with Gasteiger partial charge in [0.2, 0.25) is 5.77 Å². The van der Waals surface area contributed by atoms with Gasteiger partial charge in [-0.2, -0.15) is 127 Å². The van der Waals surface area contributed by atoms with Crippen LogP contribution in [0.15, 0.2) is 146 Å². The van der Waals surface area contributed by atoms with Crippen LogP contribution in [-0.2, 0) is 49.4 Å². The summed E-state index contributed by atoms with van der Waals surface area (Å²) in [5.74, 6) is -1.06. The Morgan fingerprint density at radius 2 is 0.576 bits per heavy atom. The number of rotatable bonds is 12. The van der Waals surface area contributed by atoms with Crippen LogP contribution in [0.3, 0.4) is 0 Å². The van der Waals surface area contributed by atoms with Gasteiger partial charge in [0.25, 0.3) is 11.4 Å². The number of ether oxygens (including phenoxy) is 2. The number of benzene rings is 6. The lowest BCUT2D eigenvalue weighted by Crippen LogP contribution is -3.61. The molecule has 0 N–H and O–H groups in total. The van der Waals surface area contributed by atoms with Crippen molar-refractivity contribution in [1.29, 1.82) is 0 Å². The van der Waals surface area contributed by atoms with Gasteiger partial charge in [-0.3, -0.25) is 20.2 Å². The zero-order chi connectivity index (χ0) is 68.9. The minimum Gasteiger partial charge on any atom is -0.422 e. The van der Waals surface area contributed by atoms with E-state index in [1.807, 2.05) is 12.1 Å². The lowest BCUT2D eigenvalue weighted by atomic mass is 9.12. The first-order valence-electron chi connectivity index (χ1n) is 24.2. The summed E-state index contributed by atoms with van der Waals surface area (Å²) in [4.78, 5) is 46.2. The van der Waals surface area contributed by atoms with E-state index in [-0.39, 0.29) is 22.9 Å². The predicted molar refractivity (Wildman–Crippen MR) is 272 cm³/mol. The van der Waals surface area contributed by atoms with Gasteiger partial charge in [0.1, 0.15) is 27.4 Å². The average Bonchev–Trinajstić information content (AvgIpc) is 0.798. The minimum atomic E-state index is -6.13. The summed E-state index contributed by atoms with van der Waals surface area (Å²) in [6.07, 6.45) is -54.8. The molecule has 488 valence electrons. The molecule has 0 aliphatic rings. The van der Waals surface area contributed by atoms with Gasteiger partial charge in [-0.15, -0.1) is 0 Å². The number of carbonyl (C=O) groups is 2. The maximum absolute atomic E-state index is 14.2. The molecule has 0 saturated heterocycles. The molecule has 2 heterocycles. The van der Waals surface area contributed by atoms with Crippen molar-refractivity contribution in [3.05, 3.63) is 226 Å². The van der Waals surface area contributed by atoms with Crippen molar-refractivity contribution in [1.82, 2.24) is 0 Å². The summed E-state index contributed by atoms with van der Waals surface area (Å²) < 4.78 is 353. The van der Waals surface area contributed by atoms with Gasteiger partial charge < -0.3 is 9.47 Å². The first-order valence-corrected chi connectivity index (χ1v) is 28.0. The van der Waals surface area contributed by atoms with Crippen LogP contribution in [0.2, 0.25) is 0 Å². The number of non-ortho nitro benzene ring substituents is 2. The Bertz CT molecular complexity index is 3590. The molecule has 0 fully saturated rings. The zero-order valence-corrected chi connectivity index (χ0v) is 47.7. The molecule has 0 radical (unpaired) electrons. The van der Waals surface area contributed by atoms with Crippen molar-refractivity contribution >= 4 is 74.0 Å². The number of nitro groups is 2. The normalized spacial score (nSPS) is 12.9. The predicted octanol–water partition coefficient (Wildman–Crippen LogP) is 13.4. The van der Waals surface area contributed by atoms with Gasteiger partial charge in [-0.25, -0.2) is 9.59 Å². The molecular weight excluding hydrogens is 1460 g/mol. The number of thiophene rings is 2. The molecule has 8 aromatic rings. The number of hydrogen-bond donors (Lipinski definition) is 0. The van der Waals surface area contributed by atoms with Gasteiger partial charge in [-0.1, -0.05) is 83.3 Å². The third kappa shape index (κ3) is 16.8. The van der Waals surface area contributed by atoms with E-state index in [1.54, 1.807) is 12.1 Å². The molecule has 0 spiro atoms. The number of esters is 2. The summed E-state index contributed by atoms with van der Waals surface area (Å²) in [5.41, 5.74) is -30.6. The first kappa shape index (κ1) is 71.0. The van der Waals surface area contributed by atoms with Crippen molar-refractivity contribution in [3.63, 3.8) is 0 Å². The van der Waals surface area contributed by atoms with Crippen LogP contribution < -0.4 is 52.5 Å². The van der Waals surface area contributed by atoms with E-state index in [4.69, 9.17) is 9.47 Å². The Morgan fingerprint density at radius 3 is 0.783 bits per heavy atom. The second-order valence-electron chi connectivity index (χ2n) is 18.8. The molecule has 92 heavy (non-hydrogen) atoms. The van der Waals surface area contributed by atoms with E-state index in [0.717, 1.165) is 5.77 Å². The second-order valence-corrected chi connectivity index (χ2v) is 25.3. The van der Waals surface area contributed by atoms with E-state index < -0.39 is 238 Å². The molecular formula is C54H24BF24IN2O8S2. The number of alkyl halides is 24. The Hall–Kier alpha value is -8.43. The maximum Gasteiger partial charge on any atom is 0.416 e. The summed E-state index contributed by atoms with van der Waals surface area (Å²) >= 11 is 1.83. The molecule has 2 aromatic heterocycles. The zero-order valence-electron chi connectivity index (χ0n) is 43.9. The highest BCUT2D eigenvalue weighted by atomic mass is 127. The topological polar surface area (TPSA) is 139 Å². The molecule has 8 rings (SSSR count). The molecule has 0 bridgehead atoms. The molecule has 0 aliphatic heterocycles. The Labute approximate surface area is 514 Å². The first-order chi connectivity index (χ1) is 42.0. The Morgan fingerprint density at radius 1 is 0.348 bits per heavy atom. The summed E-state index contributed by atoms with van der Waals surface area (Å²) in [6.45, 7) is 0. The summed E-state index contributed by atoms with van der Waals surface area (Å²) in [6, 6.07) is 8.83. The maximum atomic E-state index is 14.2. The molecule has 0 unspecified atom stereocenters. The van der Waals surface area contributed by atoms with E-state index in [0.29, 0.717) is 9.75 Å². The number of nitrogens with zero attached hydrogens (tertiary/aromatic N) is 2. The van der Waals surface area contributed by atoms with Crippen LogP contribution in [0.5, 0.6) is 11.5 Å². The van der Waals surface area contributed by atoms with Crippen LogP contribution in [0.4, 0.5) is 117 Å². The number of carbonyl (C=O) groups excluding carboxylic acids is 2. The summed E-state index contributed by atoms with van der Waals surface area (Å²) in [5, 5.41) is 21.8. The molecule has 0 aliphatic carbocycles. The van der Waals surface area contributed by atoms with Gasteiger partial charge in [-0.05, 0) is 48.5 Å². The second kappa shape index (κ2) is 25.6. The molecule has 0 saturated carbocycles. The van der Waals surface area contributed by atoms with Gasteiger partial charge in [0.15, 0.2) is 0 Å². The Kier molecular flexibility index (Phi) is 19.7. The van der Waals surface area contributed by atoms with Crippen molar-refractivity contribution in [3.8, 4) is 11.5 Å². The fraction of sp³-hybridized carbons (Fsp3) is 0.148. The third-order valence-electron chi connectivity index (χ3n) is 12.7. The highest BCUT2D eigenvalue weighted by Crippen LogP contribution is 2.42. The minimum absolute atomic E-state index is 0.0824. The monoisotopic (exact) mass is 1490 g/mol. The third-order valence-corrected chi connectivity index (χ3v) is 18.5. The largest absolute Gasteiger partial charge is 0.422 e. The number of halogens is 25. The van der Waals surface area contributed by atoms with Crippen LogP contribution >= 0.6 is 22.7 Å². The van der Waals surface area contributed by atoms with Crippen LogP contribution in [0.25, 0.3) is 0 Å². The van der Waals surface area contributed by atoms with Crippen LogP contribution in [0.1, 0.15) is 63.9 Å². The van der Waals surface area contributed by atoms with Crippen molar-refractivity contribution in [2.24, 2.45) is 0 Å². The molecule has 38 heteroatoms. The average molecular weight is 1490 g/mol. The van der Waals surface area contributed by atoms with E-state index >= 15 is 0 Å². The number of hydrogen-bond acceptors (Lipinski definition) is 10. The van der Waals surface area contributed by atoms with Crippen LogP contribution in [-0.4, -0.2) is 27.9 Å². The van der Waals surface area contributed by atoms with Gasteiger partial charge in [0.05, 0.1) is 66.5 Å². The lowest BCUT2D eigenvalue weighted by molar-refractivity contribution is -0.585. The SMILES string of the molecule is FC(F)(F)c1cc([B-](c2cc(C(F)(F)F)cc(C(F)(F)F)c2)(c2cc(C(F)(F)F)cc(C(F)(F)F)c2)c2cc(C(F)(F)F)cc(C(F)(F)F)c2)cc(C(F)(F)F)c1.O=C(Oc1cccc([N+](=O)[O-])c1)c1ccc([I+]c2ccc(C(=O)Oc3cccc([N+](=O)[O-])c3)s2)s1. The van der Waals surface area contributed by atoms with Gasteiger partial charge in [0, 0.05) is 24.3 Å². The highest BCUT2D eigenvalue weighted by Gasteiger charge is 2.47. The van der Waals surface area contributed by atoms with Crippen molar-refractivity contribution in [2.75, 3.05) is 0 Å². The van der Waals surface area contributed by atoms with Crippen molar-refractivity contribution < 1.29 is 155 Å². The smallest absolute Gasteiger partial charge is 0.416 e. The number of nitro benzene ring substituents is 2. The van der Waals surface area contributed by atoms with E-state index in [1.165, 1.54) is 71.2 Å². The molecule has 0 atom stereocenters. The quantitative estimate of drug-likeness (QED) is 0.0224. The van der Waals surface area contributed by atoms with E-state index in [9.17, 15) is 135 Å². The lowest BCUT2D eigenvalue weighted by Gasteiger charge is -2.46. The fourth-order valence-electron chi connectivity index (χ4n) is 8.75. The van der Waals surface area contributed by atoms with Crippen LogP contribution in [0, 0.1) is 26.0 Å². The fourth-order valence-corrected chi connectivity index (χ4v) is 14.8. The molecule has 0 amide bonds.